The summed E-state index contributed by atoms with van der Waals surface area (Å²) in [6.07, 6.45) is 9.43. The van der Waals surface area contributed by atoms with E-state index in [1.807, 2.05) is 13.1 Å². The van der Waals surface area contributed by atoms with Crippen LogP contribution < -0.4 is 16.5 Å². The molecule has 0 atom stereocenters. The quantitative estimate of drug-likeness (QED) is 0.670. The minimum absolute atomic E-state index is 0.139. The summed E-state index contributed by atoms with van der Waals surface area (Å²) in [4.78, 5) is 25.1. The van der Waals surface area contributed by atoms with Crippen LogP contribution in [-0.2, 0) is 7.05 Å². The highest BCUT2D eigenvalue weighted by Gasteiger charge is 2.16. The maximum atomic E-state index is 12.6. The van der Waals surface area contributed by atoms with Crippen LogP contribution in [0.2, 0.25) is 0 Å². The van der Waals surface area contributed by atoms with Crippen molar-refractivity contribution < 1.29 is 4.79 Å². The summed E-state index contributed by atoms with van der Waals surface area (Å²) in [5.74, 6) is -0.336. The van der Waals surface area contributed by atoms with Crippen LogP contribution in [0.3, 0.4) is 0 Å². The summed E-state index contributed by atoms with van der Waals surface area (Å²) < 4.78 is 1.77. The number of aryl methyl sites for hydroxylation is 1. The molecule has 0 saturated heterocycles. The summed E-state index contributed by atoms with van der Waals surface area (Å²) in [5.41, 5.74) is 8.29. The topological polar surface area (TPSA) is 77.1 Å². The molecule has 0 saturated carbocycles. The molecular weight excluding hydrogens is 302 g/mol. The Morgan fingerprint density at radius 1 is 1.33 bits per heavy atom. The molecule has 1 aliphatic carbocycles. The average Bonchev–Trinajstić information content (AvgIpc) is 2.59. The van der Waals surface area contributed by atoms with Crippen LogP contribution in [0.15, 0.2) is 40.8 Å². The second-order valence-corrected chi connectivity index (χ2v) is 6.34. The number of pyridine rings is 1. The second-order valence-electron chi connectivity index (χ2n) is 6.34. The van der Waals surface area contributed by atoms with Gasteiger partial charge in [-0.25, -0.2) is 0 Å². The van der Waals surface area contributed by atoms with Crippen LogP contribution in [-0.4, -0.2) is 17.0 Å². The first kappa shape index (κ1) is 16.3. The molecule has 24 heavy (non-hydrogen) atoms. The third-order valence-corrected chi connectivity index (χ3v) is 4.61. The number of nitrogens with zero attached hydrogens (tertiary/aromatic N) is 1. The number of carbonyl (C=O) groups is 1. The van der Waals surface area contributed by atoms with Crippen molar-refractivity contribution in [2.45, 2.75) is 32.1 Å². The van der Waals surface area contributed by atoms with Gasteiger partial charge in [-0.1, -0.05) is 17.7 Å². The molecule has 126 valence electrons. The Kier molecular flexibility index (Phi) is 4.69. The lowest BCUT2D eigenvalue weighted by molar-refractivity contribution is 0.0952. The smallest absolute Gasteiger partial charge is 0.256 e. The molecule has 2 aromatic rings. The number of allylic oxidation sites excluding steroid dienone is 1. The van der Waals surface area contributed by atoms with Gasteiger partial charge in [-0.15, -0.1) is 0 Å². The van der Waals surface area contributed by atoms with E-state index in [1.165, 1.54) is 18.4 Å². The molecule has 0 fully saturated rings. The lowest BCUT2D eigenvalue weighted by Gasteiger charge is -2.13. The highest BCUT2D eigenvalue weighted by atomic mass is 16.2. The van der Waals surface area contributed by atoms with Crippen LogP contribution in [0.1, 0.15) is 42.5 Å². The van der Waals surface area contributed by atoms with Crippen LogP contribution in [0, 0.1) is 0 Å². The van der Waals surface area contributed by atoms with Gasteiger partial charge in [0.25, 0.3) is 5.91 Å². The number of rotatable bonds is 4. The van der Waals surface area contributed by atoms with Gasteiger partial charge in [0.1, 0.15) is 5.56 Å². The molecule has 5 heteroatoms. The number of hydrogen-bond acceptors (Lipinski definition) is 3. The first-order valence-corrected chi connectivity index (χ1v) is 8.42. The monoisotopic (exact) mass is 325 g/mol. The van der Waals surface area contributed by atoms with Gasteiger partial charge in [-0.2, -0.15) is 0 Å². The molecule has 1 aromatic heterocycles. The van der Waals surface area contributed by atoms with Gasteiger partial charge in [-0.3, -0.25) is 9.59 Å². The Hall–Kier alpha value is -2.56. The van der Waals surface area contributed by atoms with Crippen LogP contribution in [0.4, 0.5) is 5.69 Å². The van der Waals surface area contributed by atoms with Gasteiger partial charge < -0.3 is 15.6 Å². The van der Waals surface area contributed by atoms with Gasteiger partial charge in [0.2, 0.25) is 5.43 Å². The molecule has 5 nitrogen and oxygen atoms in total. The van der Waals surface area contributed by atoms with E-state index in [4.69, 9.17) is 5.73 Å². The molecule has 0 spiro atoms. The van der Waals surface area contributed by atoms with Crippen molar-refractivity contribution in [2.75, 3.05) is 12.3 Å². The van der Waals surface area contributed by atoms with Gasteiger partial charge in [0.15, 0.2) is 0 Å². The molecule has 1 heterocycles. The number of anilines is 1. The molecule has 0 bridgehead atoms. The van der Waals surface area contributed by atoms with Gasteiger partial charge in [-0.05, 0) is 44.2 Å². The maximum absolute atomic E-state index is 12.6. The minimum Gasteiger partial charge on any atom is -0.398 e. The third kappa shape index (κ3) is 3.20. The molecule has 1 aromatic carbocycles. The zero-order chi connectivity index (χ0) is 17.1. The maximum Gasteiger partial charge on any atom is 0.256 e. The molecule has 3 N–H and O–H groups in total. The number of aromatic nitrogens is 1. The van der Waals surface area contributed by atoms with Crippen molar-refractivity contribution in [2.24, 2.45) is 7.05 Å². The number of nitrogens with one attached hydrogen (secondary N) is 1. The van der Waals surface area contributed by atoms with Crippen molar-refractivity contribution in [3.63, 3.8) is 0 Å². The third-order valence-electron chi connectivity index (χ3n) is 4.61. The summed E-state index contributed by atoms with van der Waals surface area (Å²) >= 11 is 0. The van der Waals surface area contributed by atoms with Crippen LogP contribution >= 0.6 is 0 Å². The zero-order valence-corrected chi connectivity index (χ0v) is 14.0. The van der Waals surface area contributed by atoms with E-state index in [9.17, 15) is 9.59 Å². The standard InChI is InChI=1S/C19H23N3O2/c1-22-12-14(18(23)17-15(20)8-5-9-16(17)22)19(24)21-11-10-13-6-3-2-4-7-13/h5-6,8-9,12H,2-4,7,10-11,20H2,1H3,(H,21,24). The normalized spacial score (nSPS) is 14.5. The Morgan fingerprint density at radius 2 is 2.17 bits per heavy atom. The van der Waals surface area contributed by atoms with E-state index in [-0.39, 0.29) is 16.9 Å². The number of nitrogens with two attached hydrogens (primary N) is 1. The second kappa shape index (κ2) is 6.91. The Morgan fingerprint density at radius 3 is 2.92 bits per heavy atom. The predicted octanol–water partition coefficient (Wildman–Crippen LogP) is 2.74. The number of benzene rings is 1. The first-order chi connectivity index (χ1) is 11.6. The van der Waals surface area contributed by atoms with E-state index in [1.54, 1.807) is 22.9 Å². The summed E-state index contributed by atoms with van der Waals surface area (Å²) in [6.45, 7) is 0.552. The molecule has 0 aliphatic heterocycles. The van der Waals surface area contributed by atoms with Crippen molar-refractivity contribution in [3.05, 3.63) is 51.8 Å². The van der Waals surface area contributed by atoms with Crippen LogP contribution in [0.25, 0.3) is 10.9 Å². The summed E-state index contributed by atoms with van der Waals surface area (Å²) in [7, 11) is 1.81. The lowest BCUT2D eigenvalue weighted by atomic mass is 9.97. The fourth-order valence-corrected chi connectivity index (χ4v) is 3.28. The SMILES string of the molecule is Cn1cc(C(=O)NCCC2=CCCCC2)c(=O)c2c(N)cccc21. The molecule has 1 amide bonds. The van der Waals surface area contributed by atoms with Gasteiger partial charge in [0, 0.05) is 25.5 Å². The van der Waals surface area contributed by atoms with Crippen molar-refractivity contribution >= 4 is 22.5 Å². The van der Waals surface area contributed by atoms with Gasteiger partial charge >= 0.3 is 0 Å². The fraction of sp³-hybridized carbons (Fsp3) is 0.368. The predicted molar refractivity (Wildman–Crippen MR) is 97.1 cm³/mol. The minimum atomic E-state index is -0.336. The number of carbonyl (C=O) groups excluding carboxylic acids is 1. The van der Waals surface area contributed by atoms with E-state index in [2.05, 4.69) is 11.4 Å². The molecule has 0 radical (unpaired) electrons. The number of fused-ring (bicyclic) bond motifs is 1. The molecule has 3 rings (SSSR count). The highest BCUT2D eigenvalue weighted by Crippen LogP contribution is 2.20. The average molecular weight is 325 g/mol. The molecule has 1 aliphatic rings. The van der Waals surface area contributed by atoms with Crippen molar-refractivity contribution in [1.82, 2.24) is 9.88 Å². The highest BCUT2D eigenvalue weighted by molar-refractivity contribution is 6.00. The number of amides is 1. The Balaban J connectivity index is 1.80. The largest absolute Gasteiger partial charge is 0.398 e. The molecule has 0 unspecified atom stereocenters. The zero-order valence-electron chi connectivity index (χ0n) is 14.0. The number of hydrogen-bond donors (Lipinski definition) is 2. The first-order valence-electron chi connectivity index (χ1n) is 8.42. The van der Waals surface area contributed by atoms with E-state index < -0.39 is 0 Å². The van der Waals surface area contributed by atoms with Crippen LogP contribution in [0.5, 0.6) is 0 Å². The Labute approximate surface area is 141 Å². The fourth-order valence-electron chi connectivity index (χ4n) is 3.28. The molecular formula is C19H23N3O2. The van der Waals surface area contributed by atoms with E-state index >= 15 is 0 Å². The van der Waals surface area contributed by atoms with Crippen molar-refractivity contribution in [1.29, 1.82) is 0 Å². The lowest BCUT2D eigenvalue weighted by Crippen LogP contribution is -2.30. The van der Waals surface area contributed by atoms with Gasteiger partial charge in [0.05, 0.1) is 10.9 Å². The van der Waals surface area contributed by atoms with E-state index in [0.717, 1.165) is 24.8 Å². The summed E-state index contributed by atoms with van der Waals surface area (Å²) in [5, 5.41) is 3.27. The number of nitrogen functional groups attached to an aromatic ring is 1. The summed E-state index contributed by atoms with van der Waals surface area (Å²) in [6, 6.07) is 5.31. The Bertz CT molecular complexity index is 865. The van der Waals surface area contributed by atoms with E-state index in [0.29, 0.717) is 17.6 Å². The van der Waals surface area contributed by atoms with Crippen molar-refractivity contribution in [3.8, 4) is 0 Å².